The van der Waals surface area contributed by atoms with E-state index in [2.05, 4.69) is 0 Å². The van der Waals surface area contributed by atoms with Crippen molar-refractivity contribution < 1.29 is 14.7 Å². The van der Waals surface area contributed by atoms with Gasteiger partial charge in [0.1, 0.15) is 0 Å². The van der Waals surface area contributed by atoms with Crippen LogP contribution in [-0.4, -0.2) is 34.5 Å². The van der Waals surface area contributed by atoms with E-state index >= 15 is 0 Å². The summed E-state index contributed by atoms with van der Waals surface area (Å²) in [6.07, 6.45) is -0.736. The van der Waals surface area contributed by atoms with Crippen LogP contribution >= 0.6 is 0 Å². The highest BCUT2D eigenvalue weighted by Crippen LogP contribution is 2.26. The number of carbonyl (C=O) groups is 2. The molecule has 0 saturated carbocycles. The normalized spacial score (nSPS) is 17.0. The maximum absolute atomic E-state index is 12.1. The Morgan fingerprint density at radius 2 is 1.56 bits per heavy atom. The van der Waals surface area contributed by atoms with Crippen molar-refractivity contribution in [1.29, 1.82) is 0 Å². The number of fused-ring (bicyclic) bond motifs is 1. The van der Waals surface area contributed by atoms with E-state index in [4.69, 9.17) is 0 Å². The SMILES string of the molecule is CC(C)(C)[C@@H](O)CN1C(=O)c2ccccc2C1=O. The minimum absolute atomic E-state index is 0.0375. The van der Waals surface area contributed by atoms with Gasteiger partial charge in [-0.2, -0.15) is 0 Å². The second-order valence-electron chi connectivity index (χ2n) is 5.65. The summed E-state index contributed by atoms with van der Waals surface area (Å²) in [6.45, 7) is 5.65. The highest BCUT2D eigenvalue weighted by atomic mass is 16.3. The van der Waals surface area contributed by atoms with Crippen molar-refractivity contribution in [3.8, 4) is 0 Å². The molecule has 0 spiro atoms. The minimum atomic E-state index is -0.736. The van der Waals surface area contributed by atoms with Gasteiger partial charge in [-0.1, -0.05) is 32.9 Å². The molecule has 1 aliphatic heterocycles. The number of amides is 2. The lowest BCUT2D eigenvalue weighted by molar-refractivity contribution is 0.0260. The molecule has 18 heavy (non-hydrogen) atoms. The monoisotopic (exact) mass is 247 g/mol. The third-order valence-electron chi connectivity index (χ3n) is 3.23. The first-order chi connectivity index (χ1) is 8.32. The predicted octanol–water partition coefficient (Wildman–Crippen LogP) is 1.69. The highest BCUT2D eigenvalue weighted by molar-refractivity contribution is 6.21. The maximum Gasteiger partial charge on any atom is 0.261 e. The van der Waals surface area contributed by atoms with Crippen LogP contribution in [0.3, 0.4) is 0 Å². The van der Waals surface area contributed by atoms with Gasteiger partial charge in [0.25, 0.3) is 11.8 Å². The van der Waals surface area contributed by atoms with Crippen LogP contribution < -0.4 is 0 Å². The van der Waals surface area contributed by atoms with E-state index < -0.39 is 6.10 Å². The van der Waals surface area contributed by atoms with Gasteiger partial charge in [0.15, 0.2) is 0 Å². The van der Waals surface area contributed by atoms with Gasteiger partial charge in [-0.05, 0) is 17.5 Å². The van der Waals surface area contributed by atoms with Gasteiger partial charge in [0, 0.05) is 0 Å². The molecular formula is C14H17NO3. The van der Waals surface area contributed by atoms with Crippen molar-refractivity contribution in [1.82, 2.24) is 4.90 Å². The average Bonchev–Trinajstić information content (AvgIpc) is 2.54. The number of β-amino-alcohol motifs (C(OH)–C–C–N with tert-alkyl or cyclic N) is 1. The zero-order valence-electron chi connectivity index (χ0n) is 10.8. The summed E-state index contributed by atoms with van der Waals surface area (Å²) < 4.78 is 0. The summed E-state index contributed by atoms with van der Waals surface area (Å²) >= 11 is 0. The Bertz CT molecular complexity index is 467. The van der Waals surface area contributed by atoms with Gasteiger partial charge in [0.05, 0.1) is 23.8 Å². The lowest BCUT2D eigenvalue weighted by Crippen LogP contribution is -2.42. The molecule has 1 heterocycles. The van der Waals surface area contributed by atoms with Crippen LogP contribution in [0.15, 0.2) is 24.3 Å². The van der Waals surface area contributed by atoms with Crippen molar-refractivity contribution in [2.75, 3.05) is 6.54 Å². The fraction of sp³-hybridized carbons (Fsp3) is 0.429. The smallest absolute Gasteiger partial charge is 0.261 e. The molecule has 4 nitrogen and oxygen atoms in total. The lowest BCUT2D eigenvalue weighted by atomic mass is 9.89. The summed E-state index contributed by atoms with van der Waals surface area (Å²) in [5, 5.41) is 10.0. The maximum atomic E-state index is 12.1. The number of imide groups is 1. The number of hydrogen-bond acceptors (Lipinski definition) is 3. The second kappa shape index (κ2) is 4.21. The molecule has 2 amide bonds. The minimum Gasteiger partial charge on any atom is -0.391 e. The number of aliphatic hydroxyl groups is 1. The number of nitrogens with zero attached hydrogens (tertiary/aromatic N) is 1. The molecule has 1 N–H and O–H groups in total. The standard InChI is InChI=1S/C14H17NO3/c1-14(2,3)11(16)8-15-12(17)9-6-4-5-7-10(9)13(15)18/h4-7,11,16H,8H2,1-3H3/t11-/m0/s1. The Labute approximate surface area is 106 Å². The molecule has 0 saturated heterocycles. The second-order valence-corrected chi connectivity index (χ2v) is 5.65. The van der Waals surface area contributed by atoms with E-state index in [9.17, 15) is 14.7 Å². The molecule has 0 aliphatic carbocycles. The predicted molar refractivity (Wildman–Crippen MR) is 67.3 cm³/mol. The van der Waals surface area contributed by atoms with E-state index in [1.54, 1.807) is 24.3 Å². The fourth-order valence-electron chi connectivity index (χ4n) is 1.85. The van der Waals surface area contributed by atoms with E-state index in [0.717, 1.165) is 4.90 Å². The topological polar surface area (TPSA) is 57.6 Å². The van der Waals surface area contributed by atoms with Crippen molar-refractivity contribution >= 4 is 11.8 Å². The van der Waals surface area contributed by atoms with Crippen molar-refractivity contribution in [2.24, 2.45) is 5.41 Å². The van der Waals surface area contributed by atoms with Crippen LogP contribution in [0.4, 0.5) is 0 Å². The zero-order valence-corrected chi connectivity index (χ0v) is 10.8. The highest BCUT2D eigenvalue weighted by Gasteiger charge is 2.38. The van der Waals surface area contributed by atoms with Crippen molar-refractivity contribution in [3.63, 3.8) is 0 Å². The molecule has 96 valence electrons. The molecule has 4 heteroatoms. The van der Waals surface area contributed by atoms with E-state index in [0.29, 0.717) is 11.1 Å². The molecule has 0 unspecified atom stereocenters. The fourth-order valence-corrected chi connectivity index (χ4v) is 1.85. The Hall–Kier alpha value is -1.68. The molecule has 1 aromatic carbocycles. The molecule has 1 atom stereocenters. The summed E-state index contributed by atoms with van der Waals surface area (Å²) in [7, 11) is 0. The van der Waals surface area contributed by atoms with Gasteiger partial charge >= 0.3 is 0 Å². The third-order valence-corrected chi connectivity index (χ3v) is 3.23. The molecule has 0 bridgehead atoms. The Balaban J connectivity index is 2.24. The summed E-state index contributed by atoms with van der Waals surface area (Å²) in [5.74, 6) is -0.641. The molecular weight excluding hydrogens is 230 g/mol. The number of rotatable bonds is 2. The first-order valence-corrected chi connectivity index (χ1v) is 5.95. The number of hydrogen-bond donors (Lipinski definition) is 1. The molecule has 0 radical (unpaired) electrons. The average molecular weight is 247 g/mol. The van der Waals surface area contributed by atoms with Gasteiger partial charge in [0.2, 0.25) is 0 Å². The van der Waals surface area contributed by atoms with Crippen LogP contribution in [0.1, 0.15) is 41.5 Å². The zero-order chi connectivity index (χ0) is 13.5. The lowest BCUT2D eigenvalue weighted by Gasteiger charge is -2.28. The Morgan fingerprint density at radius 3 is 1.94 bits per heavy atom. The summed E-state index contributed by atoms with van der Waals surface area (Å²) in [4.78, 5) is 25.3. The van der Waals surface area contributed by atoms with Crippen molar-refractivity contribution in [2.45, 2.75) is 26.9 Å². The van der Waals surface area contributed by atoms with Crippen LogP contribution in [0.5, 0.6) is 0 Å². The van der Waals surface area contributed by atoms with Crippen LogP contribution in [0, 0.1) is 5.41 Å². The van der Waals surface area contributed by atoms with Gasteiger partial charge in [-0.15, -0.1) is 0 Å². The Kier molecular flexibility index (Phi) is 2.99. The molecule has 1 aliphatic rings. The number of carbonyl (C=O) groups excluding carboxylic acids is 2. The summed E-state index contributed by atoms with van der Waals surface area (Å²) in [6, 6.07) is 6.74. The molecule has 1 aromatic rings. The van der Waals surface area contributed by atoms with Crippen LogP contribution in [0.2, 0.25) is 0 Å². The van der Waals surface area contributed by atoms with Crippen LogP contribution in [-0.2, 0) is 0 Å². The van der Waals surface area contributed by atoms with Gasteiger partial charge in [-0.3, -0.25) is 14.5 Å². The van der Waals surface area contributed by atoms with E-state index in [-0.39, 0.29) is 23.8 Å². The number of benzene rings is 1. The molecule has 0 aromatic heterocycles. The molecule has 2 rings (SSSR count). The first-order valence-electron chi connectivity index (χ1n) is 5.95. The van der Waals surface area contributed by atoms with Crippen molar-refractivity contribution in [3.05, 3.63) is 35.4 Å². The van der Waals surface area contributed by atoms with E-state index in [1.165, 1.54) is 0 Å². The molecule has 0 fully saturated rings. The van der Waals surface area contributed by atoms with Gasteiger partial charge < -0.3 is 5.11 Å². The first kappa shape index (κ1) is 12.8. The third kappa shape index (κ3) is 2.04. The number of aliphatic hydroxyl groups excluding tert-OH is 1. The summed E-state index contributed by atoms with van der Waals surface area (Å²) in [5.41, 5.74) is 0.474. The Morgan fingerprint density at radius 1 is 1.11 bits per heavy atom. The van der Waals surface area contributed by atoms with Crippen LogP contribution in [0.25, 0.3) is 0 Å². The van der Waals surface area contributed by atoms with Gasteiger partial charge in [-0.25, -0.2) is 0 Å². The van der Waals surface area contributed by atoms with E-state index in [1.807, 2.05) is 20.8 Å². The largest absolute Gasteiger partial charge is 0.391 e. The quantitative estimate of drug-likeness (QED) is 0.809.